The Bertz CT molecular complexity index is 384. The molecular weight excluding hydrogens is 212 g/mol. The molecule has 2 saturated carbocycles. The van der Waals surface area contributed by atoms with Crippen molar-refractivity contribution in [3.63, 3.8) is 0 Å². The largest absolute Gasteiger partial charge is 0.389 e. The fourth-order valence-electron chi connectivity index (χ4n) is 5.04. The van der Waals surface area contributed by atoms with E-state index in [0.29, 0.717) is 23.2 Å². The molecule has 0 heterocycles. The molecule has 0 spiro atoms. The van der Waals surface area contributed by atoms with Crippen molar-refractivity contribution in [3.8, 4) is 0 Å². The fourth-order valence-corrected chi connectivity index (χ4v) is 5.04. The Morgan fingerprint density at radius 3 is 2.47 bits per heavy atom. The highest BCUT2D eigenvalue weighted by atomic mass is 16.3. The van der Waals surface area contributed by atoms with Crippen LogP contribution in [0.25, 0.3) is 0 Å². The average molecular weight is 236 g/mol. The zero-order valence-electron chi connectivity index (χ0n) is 11.3. The number of rotatable bonds is 0. The molecule has 0 radical (unpaired) electrons. The van der Waals surface area contributed by atoms with Crippen molar-refractivity contribution in [1.82, 2.24) is 0 Å². The van der Waals surface area contributed by atoms with Crippen molar-refractivity contribution >= 4 is 0 Å². The van der Waals surface area contributed by atoms with Crippen LogP contribution in [0.15, 0.2) is 11.6 Å². The van der Waals surface area contributed by atoms with Gasteiger partial charge in [0, 0.05) is 0 Å². The average Bonchev–Trinajstić information content (AvgIpc) is 2.74. The molecule has 6 atom stereocenters. The number of hydrogen-bond acceptors (Lipinski definition) is 2. The minimum atomic E-state index is -0.360. The van der Waals surface area contributed by atoms with Gasteiger partial charge in [-0.15, -0.1) is 0 Å². The summed E-state index contributed by atoms with van der Waals surface area (Å²) in [6.45, 7) is 9.21. The predicted molar refractivity (Wildman–Crippen MR) is 67.4 cm³/mol. The van der Waals surface area contributed by atoms with Crippen LogP contribution >= 0.6 is 0 Å². The van der Waals surface area contributed by atoms with Crippen molar-refractivity contribution in [2.75, 3.05) is 0 Å². The molecular formula is C15H24O2. The first-order valence-corrected chi connectivity index (χ1v) is 6.88. The summed E-state index contributed by atoms with van der Waals surface area (Å²) in [4.78, 5) is 0. The van der Waals surface area contributed by atoms with Gasteiger partial charge in [-0.1, -0.05) is 33.8 Å². The molecule has 0 unspecified atom stereocenters. The number of hydrogen-bond donors (Lipinski definition) is 2. The third kappa shape index (κ3) is 1.29. The van der Waals surface area contributed by atoms with Crippen molar-refractivity contribution in [1.29, 1.82) is 0 Å². The van der Waals surface area contributed by atoms with Gasteiger partial charge in [-0.25, -0.2) is 0 Å². The molecule has 17 heavy (non-hydrogen) atoms. The molecule has 2 heteroatoms. The van der Waals surface area contributed by atoms with E-state index in [2.05, 4.69) is 27.7 Å². The van der Waals surface area contributed by atoms with Crippen molar-refractivity contribution < 1.29 is 10.2 Å². The van der Waals surface area contributed by atoms with E-state index in [4.69, 9.17) is 0 Å². The van der Waals surface area contributed by atoms with Crippen LogP contribution in [-0.2, 0) is 0 Å². The molecule has 0 saturated heterocycles. The lowest BCUT2D eigenvalue weighted by Gasteiger charge is -2.47. The first-order valence-electron chi connectivity index (χ1n) is 6.88. The zero-order valence-corrected chi connectivity index (χ0v) is 11.3. The monoisotopic (exact) mass is 236 g/mol. The Kier molecular flexibility index (Phi) is 2.18. The molecule has 0 aromatic carbocycles. The van der Waals surface area contributed by atoms with Crippen molar-refractivity contribution in [2.24, 2.45) is 28.6 Å². The van der Waals surface area contributed by atoms with Gasteiger partial charge in [0.1, 0.15) is 0 Å². The van der Waals surface area contributed by atoms with Crippen LogP contribution in [0, 0.1) is 28.6 Å². The van der Waals surface area contributed by atoms with E-state index in [1.165, 1.54) is 0 Å². The molecule has 0 bridgehead atoms. The van der Waals surface area contributed by atoms with Crippen LogP contribution in [0.5, 0.6) is 0 Å². The molecule has 96 valence electrons. The Balaban J connectivity index is 2.08. The molecule has 0 aromatic rings. The van der Waals surface area contributed by atoms with Crippen LogP contribution in [0.4, 0.5) is 0 Å². The summed E-state index contributed by atoms with van der Waals surface area (Å²) >= 11 is 0. The van der Waals surface area contributed by atoms with E-state index in [0.717, 1.165) is 18.4 Å². The highest BCUT2D eigenvalue weighted by Crippen LogP contribution is 2.74. The summed E-state index contributed by atoms with van der Waals surface area (Å²) in [5, 5.41) is 20.2. The topological polar surface area (TPSA) is 40.5 Å². The van der Waals surface area contributed by atoms with Gasteiger partial charge in [0.15, 0.2) is 0 Å². The normalized spacial score (nSPS) is 55.6. The highest BCUT2D eigenvalue weighted by molar-refractivity contribution is 5.35. The van der Waals surface area contributed by atoms with E-state index in [-0.39, 0.29) is 17.6 Å². The molecule has 0 aromatic heterocycles. The molecule has 2 N–H and O–H groups in total. The minimum Gasteiger partial charge on any atom is -0.389 e. The number of aliphatic hydroxyl groups is 2. The molecule has 3 aliphatic carbocycles. The van der Waals surface area contributed by atoms with E-state index in [1.54, 1.807) is 0 Å². The first-order chi connectivity index (χ1) is 7.79. The zero-order chi connectivity index (χ0) is 12.6. The first kappa shape index (κ1) is 11.7. The molecule has 0 amide bonds. The quantitative estimate of drug-likeness (QED) is 0.634. The molecule has 0 aliphatic heterocycles. The summed E-state index contributed by atoms with van der Waals surface area (Å²) in [5.41, 5.74) is 1.59. The lowest BCUT2D eigenvalue weighted by atomic mass is 9.58. The maximum atomic E-state index is 10.4. The number of aliphatic hydroxyl groups excluding tert-OH is 2. The summed E-state index contributed by atoms with van der Waals surface area (Å²) in [7, 11) is 0. The van der Waals surface area contributed by atoms with Crippen LogP contribution in [0.1, 0.15) is 40.5 Å². The van der Waals surface area contributed by atoms with Gasteiger partial charge >= 0.3 is 0 Å². The summed E-state index contributed by atoms with van der Waals surface area (Å²) < 4.78 is 0. The van der Waals surface area contributed by atoms with Crippen molar-refractivity contribution in [3.05, 3.63) is 11.6 Å². The molecule has 2 nitrogen and oxygen atoms in total. The third-order valence-corrected chi connectivity index (χ3v) is 6.15. The van der Waals surface area contributed by atoms with E-state index in [9.17, 15) is 10.2 Å². The van der Waals surface area contributed by atoms with Crippen LogP contribution < -0.4 is 0 Å². The molecule has 3 rings (SSSR count). The smallest absolute Gasteiger partial charge is 0.0759 e. The molecule has 2 fully saturated rings. The van der Waals surface area contributed by atoms with Gasteiger partial charge in [0.25, 0.3) is 0 Å². The standard InChI is InChI=1S/C15H24O2/c1-8-5-9(16)6-10-12(17)7-11-13(14(11,2)3)15(8,10)4/h6,8-9,11-13,16-17H,5,7H2,1-4H3/t8-,9-,11-,12-,13+,15+/m1/s1. The predicted octanol–water partition coefficient (Wildman–Crippen LogP) is 2.36. The molecule has 3 aliphatic rings. The maximum Gasteiger partial charge on any atom is 0.0759 e. The fraction of sp³-hybridized carbons (Fsp3) is 0.867. The van der Waals surface area contributed by atoms with E-state index >= 15 is 0 Å². The lowest BCUT2D eigenvalue weighted by molar-refractivity contribution is 0.0425. The SMILES string of the molecule is C[C@@H]1C[C@@H](O)C=C2[C@H](O)C[C@@H]3[C@@H](C3(C)C)[C@]21C. The Labute approximate surface area is 104 Å². The lowest BCUT2D eigenvalue weighted by Crippen LogP contribution is -2.44. The van der Waals surface area contributed by atoms with Gasteiger partial charge in [-0.05, 0) is 47.0 Å². The third-order valence-electron chi connectivity index (χ3n) is 6.15. The van der Waals surface area contributed by atoms with Crippen LogP contribution in [0.2, 0.25) is 0 Å². The van der Waals surface area contributed by atoms with Gasteiger partial charge in [0.05, 0.1) is 12.2 Å². The van der Waals surface area contributed by atoms with Gasteiger partial charge < -0.3 is 10.2 Å². The summed E-state index contributed by atoms with van der Waals surface area (Å²) in [5.74, 6) is 1.81. The second-order valence-corrected chi connectivity index (χ2v) is 7.27. The summed E-state index contributed by atoms with van der Waals surface area (Å²) in [6, 6.07) is 0. The van der Waals surface area contributed by atoms with Crippen LogP contribution in [-0.4, -0.2) is 22.4 Å². The maximum absolute atomic E-state index is 10.4. The van der Waals surface area contributed by atoms with Gasteiger partial charge in [0.2, 0.25) is 0 Å². The second-order valence-electron chi connectivity index (χ2n) is 7.27. The summed E-state index contributed by atoms with van der Waals surface area (Å²) in [6.07, 6.45) is 2.97. The highest BCUT2D eigenvalue weighted by Gasteiger charge is 2.70. The Morgan fingerprint density at radius 1 is 1.18 bits per heavy atom. The number of fused-ring (bicyclic) bond motifs is 3. The van der Waals surface area contributed by atoms with Gasteiger partial charge in [-0.2, -0.15) is 0 Å². The van der Waals surface area contributed by atoms with Crippen LogP contribution in [0.3, 0.4) is 0 Å². The second kappa shape index (κ2) is 3.16. The Morgan fingerprint density at radius 2 is 1.82 bits per heavy atom. The van der Waals surface area contributed by atoms with E-state index < -0.39 is 0 Å². The Hall–Kier alpha value is -0.340. The van der Waals surface area contributed by atoms with E-state index in [1.807, 2.05) is 6.08 Å². The van der Waals surface area contributed by atoms with Crippen molar-refractivity contribution in [2.45, 2.75) is 52.7 Å². The minimum absolute atomic E-state index is 0.102. The van der Waals surface area contributed by atoms with Gasteiger partial charge in [-0.3, -0.25) is 0 Å².